The summed E-state index contributed by atoms with van der Waals surface area (Å²) in [5.74, 6) is -0.164. The molecule has 0 spiro atoms. The predicted molar refractivity (Wildman–Crippen MR) is 100 cm³/mol. The molecule has 1 heterocycles. The van der Waals surface area contributed by atoms with Crippen molar-refractivity contribution in [1.29, 1.82) is 0 Å². The van der Waals surface area contributed by atoms with E-state index in [9.17, 15) is 19.5 Å². The van der Waals surface area contributed by atoms with E-state index >= 15 is 0 Å². The Labute approximate surface area is 162 Å². The van der Waals surface area contributed by atoms with Gasteiger partial charge in [0.1, 0.15) is 22.8 Å². The van der Waals surface area contributed by atoms with E-state index in [1.54, 1.807) is 19.1 Å². The largest absolute Gasteiger partial charge is 0.493 e. The fraction of sp³-hybridized carbons (Fsp3) is 0.409. The van der Waals surface area contributed by atoms with E-state index in [1.807, 2.05) is 0 Å². The molecular formula is C22H22O6. The molecule has 2 aliphatic carbocycles. The van der Waals surface area contributed by atoms with Crippen LogP contribution in [0.3, 0.4) is 0 Å². The lowest BCUT2D eigenvalue weighted by molar-refractivity contribution is -0.117. The zero-order chi connectivity index (χ0) is 19.8. The second-order valence-corrected chi connectivity index (χ2v) is 7.26. The number of carbonyl (C=O) groups excluding carboxylic acids is 2. The average molecular weight is 382 g/mol. The summed E-state index contributed by atoms with van der Waals surface area (Å²) >= 11 is 0. The lowest BCUT2D eigenvalue weighted by atomic mass is 9.73. The van der Waals surface area contributed by atoms with Gasteiger partial charge >= 0.3 is 5.97 Å². The van der Waals surface area contributed by atoms with Crippen molar-refractivity contribution in [2.45, 2.75) is 51.4 Å². The van der Waals surface area contributed by atoms with Gasteiger partial charge in [-0.1, -0.05) is 6.07 Å². The lowest BCUT2D eigenvalue weighted by Gasteiger charge is -2.36. The molecule has 1 aromatic carbocycles. The first-order valence-corrected chi connectivity index (χ1v) is 9.71. The van der Waals surface area contributed by atoms with Crippen molar-refractivity contribution in [2.75, 3.05) is 6.61 Å². The van der Waals surface area contributed by atoms with Gasteiger partial charge in [-0.05, 0) is 37.5 Å². The van der Waals surface area contributed by atoms with Gasteiger partial charge in [0.25, 0.3) is 0 Å². The van der Waals surface area contributed by atoms with Crippen molar-refractivity contribution in [3.05, 3.63) is 52.0 Å². The molecular weight excluding hydrogens is 360 g/mol. The average Bonchev–Trinajstić information content (AvgIpc) is 2.67. The second kappa shape index (κ2) is 7.26. The quantitative estimate of drug-likeness (QED) is 0.849. The monoisotopic (exact) mass is 382 g/mol. The number of hydrogen-bond acceptors (Lipinski definition) is 5. The minimum Gasteiger partial charge on any atom is -0.493 e. The molecule has 0 unspecified atom stereocenters. The van der Waals surface area contributed by atoms with E-state index in [-0.39, 0.29) is 22.9 Å². The normalized spacial score (nSPS) is 19.9. The molecule has 0 saturated heterocycles. The third kappa shape index (κ3) is 3.03. The number of ether oxygens (including phenoxy) is 2. The van der Waals surface area contributed by atoms with Crippen LogP contribution < -0.4 is 4.74 Å². The summed E-state index contributed by atoms with van der Waals surface area (Å²) in [5.41, 5.74) is 1.68. The standard InChI is InChI=1S/C22H22O6/c1-2-27-16-10-9-12(11-13(16)22(25)26)19-20-14(23)5-3-7-17(20)28-18-8-4-6-15(24)21(18)19/h9-11,19H,2-8H2,1H3,(H,25,26). The van der Waals surface area contributed by atoms with Gasteiger partial charge in [-0.3, -0.25) is 9.59 Å². The molecule has 0 bridgehead atoms. The summed E-state index contributed by atoms with van der Waals surface area (Å²) in [7, 11) is 0. The number of aromatic carboxylic acids is 1. The summed E-state index contributed by atoms with van der Waals surface area (Å²) in [6.07, 6.45) is 3.60. The number of ketones is 2. The maximum absolute atomic E-state index is 12.8. The van der Waals surface area contributed by atoms with Crippen LogP contribution in [0.15, 0.2) is 40.9 Å². The molecule has 3 aliphatic rings. The molecule has 1 aliphatic heterocycles. The smallest absolute Gasteiger partial charge is 0.339 e. The maximum Gasteiger partial charge on any atom is 0.339 e. The van der Waals surface area contributed by atoms with Gasteiger partial charge in [-0.2, -0.15) is 0 Å². The van der Waals surface area contributed by atoms with Crippen LogP contribution in [0.25, 0.3) is 0 Å². The molecule has 6 heteroatoms. The minimum atomic E-state index is -1.11. The Morgan fingerprint density at radius 1 is 1.07 bits per heavy atom. The van der Waals surface area contributed by atoms with E-state index in [0.717, 1.165) is 12.8 Å². The Kier molecular flexibility index (Phi) is 4.79. The first-order chi connectivity index (χ1) is 13.5. The van der Waals surface area contributed by atoms with Gasteiger partial charge in [0.2, 0.25) is 0 Å². The molecule has 0 amide bonds. The van der Waals surface area contributed by atoms with Gasteiger partial charge in [-0.15, -0.1) is 0 Å². The lowest BCUT2D eigenvalue weighted by Crippen LogP contribution is -2.30. The minimum absolute atomic E-state index is 0.0260. The highest BCUT2D eigenvalue weighted by molar-refractivity contribution is 6.06. The van der Waals surface area contributed by atoms with E-state index in [2.05, 4.69) is 0 Å². The molecule has 4 rings (SSSR count). The van der Waals surface area contributed by atoms with Gasteiger partial charge in [0, 0.05) is 42.7 Å². The summed E-state index contributed by atoms with van der Waals surface area (Å²) in [6.45, 7) is 2.13. The van der Waals surface area contributed by atoms with Crippen LogP contribution in [0.4, 0.5) is 0 Å². The van der Waals surface area contributed by atoms with Crippen LogP contribution >= 0.6 is 0 Å². The molecule has 0 fully saturated rings. The van der Waals surface area contributed by atoms with Gasteiger partial charge in [0.05, 0.1) is 6.61 Å². The maximum atomic E-state index is 12.8. The SMILES string of the molecule is CCOc1ccc(C2C3=C(CCCC3=O)OC3=C2C(=O)CCC3)cc1C(=O)O. The van der Waals surface area contributed by atoms with Crippen molar-refractivity contribution in [2.24, 2.45) is 0 Å². The van der Waals surface area contributed by atoms with Gasteiger partial charge in [-0.25, -0.2) is 4.79 Å². The number of carboxylic acid groups (broad SMARTS) is 1. The van der Waals surface area contributed by atoms with Crippen LogP contribution in [-0.2, 0) is 14.3 Å². The van der Waals surface area contributed by atoms with Crippen LogP contribution in [0.2, 0.25) is 0 Å². The number of benzene rings is 1. The first kappa shape index (κ1) is 18.5. The fourth-order valence-corrected chi connectivity index (χ4v) is 4.33. The van der Waals surface area contributed by atoms with E-state index in [0.29, 0.717) is 60.5 Å². The molecule has 0 aromatic heterocycles. The van der Waals surface area contributed by atoms with Crippen LogP contribution in [0.1, 0.15) is 67.3 Å². The zero-order valence-electron chi connectivity index (χ0n) is 15.7. The number of hydrogen-bond donors (Lipinski definition) is 1. The van der Waals surface area contributed by atoms with Crippen molar-refractivity contribution in [1.82, 2.24) is 0 Å². The molecule has 146 valence electrons. The molecule has 1 N–H and O–H groups in total. The highest BCUT2D eigenvalue weighted by Crippen LogP contribution is 2.48. The Hall–Kier alpha value is -2.89. The summed E-state index contributed by atoms with van der Waals surface area (Å²) in [5, 5.41) is 9.62. The Bertz CT molecular complexity index is 894. The fourth-order valence-electron chi connectivity index (χ4n) is 4.33. The van der Waals surface area contributed by atoms with E-state index in [1.165, 1.54) is 6.07 Å². The molecule has 0 radical (unpaired) electrons. The van der Waals surface area contributed by atoms with Crippen LogP contribution in [0.5, 0.6) is 5.75 Å². The van der Waals surface area contributed by atoms with E-state index < -0.39 is 11.9 Å². The van der Waals surface area contributed by atoms with Crippen molar-refractivity contribution < 1.29 is 29.0 Å². The van der Waals surface area contributed by atoms with Gasteiger partial charge in [0.15, 0.2) is 11.6 Å². The third-order valence-corrected chi connectivity index (χ3v) is 5.51. The summed E-state index contributed by atoms with van der Waals surface area (Å²) in [6, 6.07) is 4.90. The zero-order valence-corrected chi connectivity index (χ0v) is 15.7. The second-order valence-electron chi connectivity index (χ2n) is 7.26. The predicted octanol–water partition coefficient (Wildman–Crippen LogP) is 3.91. The summed E-state index contributed by atoms with van der Waals surface area (Å²) in [4.78, 5) is 37.3. The van der Waals surface area contributed by atoms with Crippen LogP contribution in [-0.4, -0.2) is 29.2 Å². The number of allylic oxidation sites excluding steroid dienone is 4. The first-order valence-electron chi connectivity index (χ1n) is 9.71. The number of Topliss-reactive ketones (excluding diaryl/α,β-unsaturated/α-hetero) is 2. The summed E-state index contributed by atoms with van der Waals surface area (Å²) < 4.78 is 11.4. The topological polar surface area (TPSA) is 89.9 Å². The molecule has 1 aromatic rings. The molecule has 6 nitrogen and oxygen atoms in total. The Balaban J connectivity index is 1.89. The van der Waals surface area contributed by atoms with Gasteiger partial charge < -0.3 is 14.6 Å². The van der Waals surface area contributed by atoms with Crippen molar-refractivity contribution in [3.8, 4) is 5.75 Å². The molecule has 0 saturated carbocycles. The third-order valence-electron chi connectivity index (χ3n) is 5.51. The number of carboxylic acids is 1. The highest BCUT2D eigenvalue weighted by Gasteiger charge is 2.42. The van der Waals surface area contributed by atoms with Crippen molar-refractivity contribution >= 4 is 17.5 Å². The van der Waals surface area contributed by atoms with Crippen molar-refractivity contribution in [3.63, 3.8) is 0 Å². The van der Waals surface area contributed by atoms with Crippen LogP contribution in [0, 0.1) is 0 Å². The molecule has 0 atom stereocenters. The Morgan fingerprint density at radius 2 is 1.68 bits per heavy atom. The number of rotatable bonds is 4. The Morgan fingerprint density at radius 3 is 2.21 bits per heavy atom. The molecule has 28 heavy (non-hydrogen) atoms. The van der Waals surface area contributed by atoms with E-state index in [4.69, 9.17) is 9.47 Å². The number of carbonyl (C=O) groups is 3. The highest BCUT2D eigenvalue weighted by atomic mass is 16.5.